The van der Waals surface area contributed by atoms with E-state index in [9.17, 15) is 13.2 Å². The molecule has 1 rings (SSSR count). The summed E-state index contributed by atoms with van der Waals surface area (Å²) < 4.78 is 40.1. The Bertz CT molecular complexity index is 582. The molecule has 0 unspecified atom stereocenters. The van der Waals surface area contributed by atoms with Crippen LogP contribution in [0.4, 0.5) is 13.2 Å². The lowest BCUT2D eigenvalue weighted by molar-refractivity contribution is -0.136. The van der Waals surface area contributed by atoms with Crippen molar-refractivity contribution in [2.24, 2.45) is 5.41 Å². The zero-order chi connectivity index (χ0) is 18.4. The van der Waals surface area contributed by atoms with Crippen LogP contribution in [-0.2, 0) is 16.8 Å². The van der Waals surface area contributed by atoms with Crippen LogP contribution in [0, 0.1) is 5.41 Å². The number of hydrogen-bond acceptors (Lipinski definition) is 0. The fraction of sp³-hybridized carbons (Fsp3) is 0.647. The first-order chi connectivity index (χ1) is 10.1. The predicted octanol–water partition coefficient (Wildman–Crippen LogP) is 2.12. The van der Waals surface area contributed by atoms with Crippen LogP contribution in [0.15, 0.2) is 12.1 Å². The standard InChI is InChI=1S/C17H28B3F3/c1-7-15(5,6)12-10(16(19,20)14(2,3)4)8-9-11(13(12)18)17(21,22)23/h8-9H,7,18-20H2,1-6H3. The lowest BCUT2D eigenvalue weighted by atomic mass is 9.39. The van der Waals surface area contributed by atoms with E-state index in [-0.39, 0.29) is 16.0 Å². The number of halogens is 3. The lowest BCUT2D eigenvalue weighted by Gasteiger charge is -2.44. The topological polar surface area (TPSA) is 0 Å². The van der Waals surface area contributed by atoms with Gasteiger partial charge in [-0.2, -0.15) is 13.2 Å². The SMILES string of the molecule is Bc1c(C(F)(F)F)ccc(C(B)(B)C(C)(C)C)c1C(C)(C)CC. The highest BCUT2D eigenvalue weighted by atomic mass is 19.4. The molecule has 0 saturated carbocycles. The van der Waals surface area contributed by atoms with Crippen LogP contribution in [-0.4, -0.2) is 23.5 Å². The molecule has 0 aliphatic heterocycles. The fourth-order valence-electron chi connectivity index (χ4n) is 2.99. The van der Waals surface area contributed by atoms with Gasteiger partial charge in [-0.1, -0.05) is 69.9 Å². The van der Waals surface area contributed by atoms with Crippen molar-refractivity contribution in [3.05, 3.63) is 28.8 Å². The van der Waals surface area contributed by atoms with Crippen LogP contribution < -0.4 is 5.46 Å². The van der Waals surface area contributed by atoms with E-state index in [2.05, 4.69) is 36.5 Å². The highest BCUT2D eigenvalue weighted by Gasteiger charge is 2.41. The molecule has 0 aliphatic carbocycles. The highest BCUT2D eigenvalue weighted by molar-refractivity contribution is 6.41. The van der Waals surface area contributed by atoms with Gasteiger partial charge in [-0.3, -0.25) is 0 Å². The van der Waals surface area contributed by atoms with Crippen molar-refractivity contribution in [2.45, 2.75) is 64.8 Å². The van der Waals surface area contributed by atoms with E-state index in [1.807, 2.05) is 20.8 Å². The molecule has 0 bridgehead atoms. The molecule has 0 N–H and O–H groups in total. The second-order valence-electron chi connectivity index (χ2n) is 8.77. The Balaban J connectivity index is 3.85. The number of alkyl halides is 3. The predicted molar refractivity (Wildman–Crippen MR) is 101 cm³/mol. The summed E-state index contributed by atoms with van der Waals surface area (Å²) in [6, 6.07) is 2.96. The van der Waals surface area contributed by atoms with Gasteiger partial charge < -0.3 is 0 Å². The average Bonchev–Trinajstić information content (AvgIpc) is 2.34. The molecule has 0 spiro atoms. The second-order valence-corrected chi connectivity index (χ2v) is 8.77. The Morgan fingerprint density at radius 1 is 0.913 bits per heavy atom. The Hall–Kier alpha value is -0.795. The van der Waals surface area contributed by atoms with Gasteiger partial charge in [0.2, 0.25) is 0 Å². The van der Waals surface area contributed by atoms with Crippen molar-refractivity contribution < 1.29 is 13.2 Å². The molecule has 0 nitrogen and oxygen atoms in total. The van der Waals surface area contributed by atoms with E-state index in [0.717, 1.165) is 17.5 Å². The molecule has 0 aliphatic rings. The van der Waals surface area contributed by atoms with E-state index in [0.29, 0.717) is 5.46 Å². The maximum Gasteiger partial charge on any atom is 0.415 e. The van der Waals surface area contributed by atoms with Gasteiger partial charge in [0.15, 0.2) is 0 Å². The lowest BCUT2D eigenvalue weighted by Crippen LogP contribution is -2.45. The molecular formula is C17H28B3F3. The molecule has 0 atom stereocenters. The van der Waals surface area contributed by atoms with Crippen molar-refractivity contribution in [3.8, 4) is 0 Å². The average molecular weight is 322 g/mol. The van der Waals surface area contributed by atoms with Crippen molar-refractivity contribution in [2.75, 3.05) is 0 Å². The van der Waals surface area contributed by atoms with E-state index < -0.39 is 11.7 Å². The summed E-state index contributed by atoms with van der Waals surface area (Å²) in [6.45, 7) is 12.5. The largest absolute Gasteiger partial charge is 0.415 e. The minimum absolute atomic E-state index is 0.0578. The first kappa shape index (κ1) is 20.2. The molecule has 1 aromatic rings. The quantitative estimate of drug-likeness (QED) is 0.748. The molecule has 0 heterocycles. The van der Waals surface area contributed by atoms with Gasteiger partial charge in [0.05, 0.1) is 0 Å². The molecule has 0 saturated heterocycles. The maximum absolute atomic E-state index is 13.4. The van der Waals surface area contributed by atoms with Crippen LogP contribution in [0.2, 0.25) is 0 Å². The van der Waals surface area contributed by atoms with Gasteiger partial charge >= 0.3 is 6.18 Å². The summed E-state index contributed by atoms with van der Waals surface area (Å²) >= 11 is 0. The monoisotopic (exact) mass is 322 g/mol. The zero-order valence-electron chi connectivity index (χ0n) is 16.0. The smallest absolute Gasteiger partial charge is 0.166 e. The molecule has 0 aromatic heterocycles. The molecule has 0 amide bonds. The van der Waals surface area contributed by atoms with Crippen LogP contribution in [0.25, 0.3) is 0 Å². The third-order valence-electron chi connectivity index (χ3n) is 5.88. The van der Waals surface area contributed by atoms with Gasteiger partial charge in [-0.15, -0.1) is 0 Å². The second kappa shape index (κ2) is 5.93. The number of benzene rings is 1. The summed E-state index contributed by atoms with van der Waals surface area (Å²) in [5, 5.41) is -0.232. The van der Waals surface area contributed by atoms with E-state index in [1.165, 1.54) is 6.07 Å². The molecule has 126 valence electrons. The van der Waals surface area contributed by atoms with Gasteiger partial charge in [0.25, 0.3) is 0 Å². The molecule has 0 radical (unpaired) electrons. The fourth-order valence-corrected chi connectivity index (χ4v) is 2.99. The van der Waals surface area contributed by atoms with Crippen LogP contribution in [0.5, 0.6) is 0 Å². The van der Waals surface area contributed by atoms with Gasteiger partial charge in [-0.25, -0.2) is 0 Å². The van der Waals surface area contributed by atoms with Gasteiger partial charge in [-0.05, 0) is 22.8 Å². The van der Waals surface area contributed by atoms with Crippen LogP contribution >= 0.6 is 0 Å². The Labute approximate surface area is 141 Å². The summed E-state index contributed by atoms with van der Waals surface area (Å²) in [5.41, 5.74) is 1.39. The van der Waals surface area contributed by atoms with Crippen molar-refractivity contribution >= 4 is 29.0 Å². The summed E-state index contributed by atoms with van der Waals surface area (Å²) in [5.74, 6) is 0. The van der Waals surface area contributed by atoms with Crippen molar-refractivity contribution in [3.63, 3.8) is 0 Å². The first-order valence-corrected chi connectivity index (χ1v) is 8.29. The van der Waals surface area contributed by atoms with Crippen LogP contribution in [0.1, 0.15) is 64.7 Å². The Morgan fingerprint density at radius 2 is 1.35 bits per heavy atom. The van der Waals surface area contributed by atoms with E-state index in [4.69, 9.17) is 0 Å². The first-order valence-electron chi connectivity index (χ1n) is 8.29. The third-order valence-corrected chi connectivity index (χ3v) is 5.88. The van der Waals surface area contributed by atoms with Crippen LogP contribution in [0.3, 0.4) is 0 Å². The normalized spacial score (nSPS) is 14.1. The highest BCUT2D eigenvalue weighted by Crippen LogP contribution is 2.42. The third kappa shape index (κ3) is 3.66. The van der Waals surface area contributed by atoms with Crippen molar-refractivity contribution in [1.29, 1.82) is 0 Å². The molecule has 1 aromatic carbocycles. The Kier molecular flexibility index (Phi) is 5.22. The number of rotatable bonds is 3. The number of hydrogen-bond donors (Lipinski definition) is 0. The summed E-state index contributed by atoms with van der Waals surface area (Å²) in [7, 11) is 5.88. The summed E-state index contributed by atoms with van der Waals surface area (Å²) in [6.07, 6.45) is -3.52. The van der Waals surface area contributed by atoms with Gasteiger partial charge in [0, 0.05) is 5.56 Å². The maximum atomic E-state index is 13.4. The minimum Gasteiger partial charge on any atom is -0.166 e. The molecular weight excluding hydrogens is 294 g/mol. The van der Waals surface area contributed by atoms with E-state index in [1.54, 1.807) is 13.9 Å². The minimum atomic E-state index is -4.31. The summed E-state index contributed by atoms with van der Waals surface area (Å²) in [4.78, 5) is 0. The Morgan fingerprint density at radius 3 is 1.70 bits per heavy atom. The zero-order valence-corrected chi connectivity index (χ0v) is 16.0. The van der Waals surface area contributed by atoms with Gasteiger partial charge in [0.1, 0.15) is 23.5 Å². The van der Waals surface area contributed by atoms with Crippen molar-refractivity contribution in [1.82, 2.24) is 0 Å². The molecule has 23 heavy (non-hydrogen) atoms. The molecule has 0 fully saturated rings. The van der Waals surface area contributed by atoms with E-state index >= 15 is 0 Å². The molecule has 6 heteroatoms.